The lowest BCUT2D eigenvalue weighted by molar-refractivity contribution is 0.266. The Balaban J connectivity index is 2.56. The quantitative estimate of drug-likeness (QED) is 0.901. The Morgan fingerprint density at radius 3 is 2.68 bits per heavy atom. The van der Waals surface area contributed by atoms with Crippen LogP contribution in [0.25, 0.3) is 5.69 Å². The molecule has 0 aliphatic heterocycles. The van der Waals surface area contributed by atoms with E-state index in [9.17, 15) is 4.79 Å². The molecule has 0 spiro atoms. The fourth-order valence-electron chi connectivity index (χ4n) is 1.50. The molecule has 0 unspecified atom stereocenters. The number of aromatic nitrogens is 4. The summed E-state index contributed by atoms with van der Waals surface area (Å²) in [6.45, 7) is -0.155. The average molecular weight is 305 g/mol. The number of aliphatic hydroxyl groups excluding tert-OH is 1. The maximum absolute atomic E-state index is 12.0. The Morgan fingerprint density at radius 1 is 1.32 bits per heavy atom. The molecule has 19 heavy (non-hydrogen) atoms. The molecule has 0 atom stereocenters. The molecule has 0 bridgehead atoms. The zero-order valence-corrected chi connectivity index (χ0v) is 11.4. The predicted octanol–water partition coefficient (Wildman–Crippen LogP) is 0.737. The van der Waals surface area contributed by atoms with Crippen LogP contribution in [0.4, 0.5) is 0 Å². The van der Waals surface area contributed by atoms with Crippen molar-refractivity contribution < 1.29 is 9.84 Å². The average Bonchev–Trinajstić information content (AvgIpc) is 2.72. The molecule has 1 N–H and O–H groups in total. The van der Waals surface area contributed by atoms with Crippen molar-refractivity contribution >= 4 is 23.2 Å². The van der Waals surface area contributed by atoms with Crippen LogP contribution in [0, 0.1) is 0 Å². The summed E-state index contributed by atoms with van der Waals surface area (Å²) in [6.07, 6.45) is 0. The first-order chi connectivity index (χ1) is 9.08. The molecule has 1 heterocycles. The van der Waals surface area contributed by atoms with Gasteiger partial charge in [-0.25, -0.2) is 4.79 Å². The van der Waals surface area contributed by atoms with E-state index in [-0.39, 0.29) is 18.2 Å². The van der Waals surface area contributed by atoms with E-state index in [0.717, 1.165) is 9.36 Å². The van der Waals surface area contributed by atoms with Crippen LogP contribution in [0.15, 0.2) is 16.9 Å². The summed E-state index contributed by atoms with van der Waals surface area (Å²) in [4.78, 5) is 12.0. The predicted molar refractivity (Wildman–Crippen MR) is 69.3 cm³/mol. The van der Waals surface area contributed by atoms with E-state index in [4.69, 9.17) is 33.0 Å². The smallest absolute Gasteiger partial charge is 0.368 e. The highest BCUT2D eigenvalue weighted by molar-refractivity contribution is 6.36. The normalized spacial score (nSPS) is 10.7. The van der Waals surface area contributed by atoms with E-state index in [1.807, 2.05) is 0 Å². The lowest BCUT2D eigenvalue weighted by atomic mass is 10.3. The molecule has 2 rings (SSSR count). The molecular formula is C10H10Cl2N4O3. The number of nitrogens with zero attached hydrogens (tertiary/aromatic N) is 4. The number of methoxy groups -OCH3 is 1. The summed E-state index contributed by atoms with van der Waals surface area (Å²) in [5.74, 6) is 0.365. The minimum absolute atomic E-state index is 0.0567. The largest absolute Gasteiger partial charge is 0.495 e. The third-order valence-corrected chi connectivity index (χ3v) is 3.00. The number of halogens is 2. The van der Waals surface area contributed by atoms with Crippen LogP contribution in [-0.2, 0) is 6.54 Å². The fourth-order valence-corrected chi connectivity index (χ4v) is 2.04. The molecule has 1 aromatic carbocycles. The van der Waals surface area contributed by atoms with E-state index >= 15 is 0 Å². The molecule has 7 nitrogen and oxygen atoms in total. The molecule has 0 aliphatic rings. The minimum Gasteiger partial charge on any atom is -0.495 e. The van der Waals surface area contributed by atoms with Gasteiger partial charge in [-0.3, -0.25) is 0 Å². The van der Waals surface area contributed by atoms with Crippen LogP contribution >= 0.6 is 23.2 Å². The number of rotatable bonds is 4. The topological polar surface area (TPSA) is 82.2 Å². The highest BCUT2D eigenvalue weighted by atomic mass is 35.5. The first kappa shape index (κ1) is 13.9. The lowest BCUT2D eigenvalue weighted by Gasteiger charge is -2.07. The second kappa shape index (κ2) is 5.60. The van der Waals surface area contributed by atoms with Crippen LogP contribution in [0.3, 0.4) is 0 Å². The number of benzene rings is 1. The van der Waals surface area contributed by atoms with Crippen molar-refractivity contribution in [3.05, 3.63) is 32.7 Å². The number of aliphatic hydroxyl groups is 1. The van der Waals surface area contributed by atoms with E-state index in [1.165, 1.54) is 19.2 Å². The van der Waals surface area contributed by atoms with Gasteiger partial charge in [-0.2, -0.15) is 9.36 Å². The zero-order valence-electron chi connectivity index (χ0n) is 9.88. The van der Waals surface area contributed by atoms with E-state index in [1.54, 1.807) is 0 Å². The fraction of sp³-hybridized carbons (Fsp3) is 0.300. The number of tetrazole rings is 1. The van der Waals surface area contributed by atoms with E-state index in [0.29, 0.717) is 16.5 Å². The zero-order chi connectivity index (χ0) is 14.0. The Bertz CT molecular complexity index is 653. The van der Waals surface area contributed by atoms with Crippen molar-refractivity contribution in [2.45, 2.75) is 6.54 Å². The maximum Gasteiger partial charge on any atom is 0.368 e. The SMILES string of the molecule is COc1cc(-n2nnn(CCO)c2=O)c(Cl)cc1Cl. The summed E-state index contributed by atoms with van der Waals surface area (Å²) in [5, 5.41) is 16.7. The second-order valence-electron chi connectivity index (χ2n) is 3.56. The Hall–Kier alpha value is -1.57. The van der Waals surface area contributed by atoms with Crippen LogP contribution in [0.2, 0.25) is 10.0 Å². The van der Waals surface area contributed by atoms with Crippen molar-refractivity contribution in [3.63, 3.8) is 0 Å². The molecule has 0 saturated carbocycles. The van der Waals surface area contributed by atoms with Gasteiger partial charge in [0.25, 0.3) is 0 Å². The summed E-state index contributed by atoms with van der Waals surface area (Å²) >= 11 is 11.9. The van der Waals surface area contributed by atoms with Crippen molar-refractivity contribution in [1.29, 1.82) is 0 Å². The molecule has 0 fully saturated rings. The van der Waals surface area contributed by atoms with E-state index in [2.05, 4.69) is 10.4 Å². The van der Waals surface area contributed by atoms with Crippen LogP contribution in [-0.4, -0.2) is 38.6 Å². The minimum atomic E-state index is -0.514. The molecule has 9 heteroatoms. The summed E-state index contributed by atoms with van der Waals surface area (Å²) in [6, 6.07) is 2.94. The number of hydrogen-bond donors (Lipinski definition) is 1. The molecule has 102 valence electrons. The summed E-state index contributed by atoms with van der Waals surface area (Å²) < 4.78 is 7.09. The number of ether oxygens (including phenoxy) is 1. The third-order valence-electron chi connectivity index (χ3n) is 2.40. The second-order valence-corrected chi connectivity index (χ2v) is 4.37. The van der Waals surface area contributed by atoms with Crippen molar-refractivity contribution in [3.8, 4) is 11.4 Å². The summed E-state index contributed by atoms with van der Waals surface area (Å²) in [7, 11) is 1.45. The molecule has 0 aliphatic carbocycles. The van der Waals surface area contributed by atoms with Gasteiger partial charge in [-0.05, 0) is 16.5 Å². The van der Waals surface area contributed by atoms with Gasteiger partial charge in [-0.15, -0.1) is 0 Å². The molecule has 0 saturated heterocycles. The standard InChI is InChI=1S/C10H10Cl2N4O3/c1-19-9-5-8(6(11)4-7(9)12)16-10(18)15(2-3-17)13-14-16/h4-5,17H,2-3H2,1H3. The van der Waals surface area contributed by atoms with Gasteiger partial charge in [0.2, 0.25) is 0 Å². The van der Waals surface area contributed by atoms with Crippen molar-refractivity contribution in [2.24, 2.45) is 0 Å². The Kier molecular flexibility index (Phi) is 4.08. The first-order valence-electron chi connectivity index (χ1n) is 5.25. The molecule has 2 aromatic rings. The third kappa shape index (κ3) is 2.58. The molecular weight excluding hydrogens is 295 g/mol. The van der Waals surface area contributed by atoms with Crippen molar-refractivity contribution in [1.82, 2.24) is 19.8 Å². The highest BCUT2D eigenvalue weighted by Crippen LogP contribution is 2.31. The van der Waals surface area contributed by atoms with Crippen LogP contribution in [0.5, 0.6) is 5.75 Å². The Labute approximate surface area is 117 Å². The lowest BCUT2D eigenvalue weighted by Crippen LogP contribution is -2.25. The summed E-state index contributed by atoms with van der Waals surface area (Å²) in [5.41, 5.74) is -0.211. The first-order valence-corrected chi connectivity index (χ1v) is 6.01. The molecule has 1 aromatic heterocycles. The van der Waals surface area contributed by atoms with Gasteiger partial charge in [0.05, 0.1) is 36.0 Å². The maximum atomic E-state index is 12.0. The van der Waals surface area contributed by atoms with Crippen LogP contribution < -0.4 is 10.4 Å². The van der Waals surface area contributed by atoms with Crippen LogP contribution in [0.1, 0.15) is 0 Å². The van der Waals surface area contributed by atoms with E-state index < -0.39 is 5.69 Å². The monoisotopic (exact) mass is 304 g/mol. The van der Waals surface area contributed by atoms with Gasteiger partial charge in [-0.1, -0.05) is 23.2 Å². The Morgan fingerprint density at radius 2 is 2.05 bits per heavy atom. The highest BCUT2D eigenvalue weighted by Gasteiger charge is 2.14. The number of hydrogen-bond acceptors (Lipinski definition) is 5. The molecule has 0 radical (unpaired) electrons. The van der Waals surface area contributed by atoms with Crippen molar-refractivity contribution in [2.75, 3.05) is 13.7 Å². The van der Waals surface area contributed by atoms with Gasteiger partial charge in [0.15, 0.2) is 0 Å². The van der Waals surface area contributed by atoms with Gasteiger partial charge in [0, 0.05) is 6.07 Å². The van der Waals surface area contributed by atoms with Gasteiger partial charge >= 0.3 is 5.69 Å². The molecule has 0 amide bonds. The van der Waals surface area contributed by atoms with Gasteiger partial charge in [0.1, 0.15) is 5.75 Å². The van der Waals surface area contributed by atoms with Gasteiger partial charge < -0.3 is 9.84 Å².